The highest BCUT2D eigenvalue weighted by molar-refractivity contribution is 9.10. The van der Waals surface area contributed by atoms with E-state index in [2.05, 4.69) is 178 Å². The molecule has 7 aromatic carbocycles. The van der Waals surface area contributed by atoms with Crippen LogP contribution in [0.15, 0.2) is 162 Å². The number of fused-ring (bicyclic) bond motifs is 14. The third-order valence-corrected chi connectivity index (χ3v) is 10.8. The van der Waals surface area contributed by atoms with E-state index in [4.69, 9.17) is 0 Å². The van der Waals surface area contributed by atoms with Crippen molar-refractivity contribution in [1.29, 1.82) is 0 Å². The van der Waals surface area contributed by atoms with Gasteiger partial charge in [-0.2, -0.15) is 0 Å². The number of hydrogen-bond donors (Lipinski definition) is 0. The van der Waals surface area contributed by atoms with E-state index in [1.54, 1.807) is 0 Å². The number of nitrogens with zero attached hydrogens (tertiary/aromatic N) is 1. The maximum absolute atomic E-state index is 3.86. The van der Waals surface area contributed by atoms with Crippen LogP contribution in [0.25, 0.3) is 60.9 Å². The molecule has 45 heavy (non-hydrogen) atoms. The second kappa shape index (κ2) is 9.17. The highest BCUT2D eigenvalue weighted by Gasteiger charge is 2.52. The highest BCUT2D eigenvalue weighted by atomic mass is 79.9. The van der Waals surface area contributed by atoms with E-state index < -0.39 is 0 Å². The van der Waals surface area contributed by atoms with Crippen molar-refractivity contribution in [3.05, 3.63) is 184 Å². The summed E-state index contributed by atoms with van der Waals surface area (Å²) in [7, 11) is 0. The number of aromatic nitrogens is 1. The Morgan fingerprint density at radius 1 is 0.400 bits per heavy atom. The number of hydrogen-bond acceptors (Lipinski definition) is 0. The van der Waals surface area contributed by atoms with Crippen molar-refractivity contribution in [2.45, 2.75) is 5.41 Å². The van der Waals surface area contributed by atoms with E-state index in [0.29, 0.717) is 0 Å². The Labute approximate surface area is 270 Å². The average molecular weight is 637 g/mol. The zero-order valence-corrected chi connectivity index (χ0v) is 25.9. The Morgan fingerprint density at radius 2 is 0.933 bits per heavy atom. The fraction of sp³-hybridized carbons (Fsp3) is 0.0233. The van der Waals surface area contributed by atoms with Gasteiger partial charge in [0.25, 0.3) is 0 Å². The Bertz CT molecular complexity index is 2470. The van der Waals surface area contributed by atoms with E-state index in [0.717, 1.165) is 4.47 Å². The molecule has 1 heterocycles. The molecule has 10 rings (SSSR count). The van der Waals surface area contributed by atoms with Gasteiger partial charge in [-0.1, -0.05) is 155 Å². The molecule has 0 unspecified atom stereocenters. The largest absolute Gasteiger partial charge is 0.308 e. The summed E-state index contributed by atoms with van der Waals surface area (Å²) < 4.78 is 3.62. The van der Waals surface area contributed by atoms with Gasteiger partial charge in [0, 0.05) is 26.4 Å². The molecule has 210 valence electrons. The van der Waals surface area contributed by atoms with Crippen molar-refractivity contribution in [2.24, 2.45) is 0 Å². The third-order valence-electron chi connectivity index (χ3n) is 10.1. The molecule has 0 saturated carbocycles. The molecule has 0 atom stereocenters. The van der Waals surface area contributed by atoms with E-state index in [1.165, 1.54) is 83.1 Å². The fourth-order valence-electron chi connectivity index (χ4n) is 8.46. The van der Waals surface area contributed by atoms with Gasteiger partial charge in [-0.15, -0.1) is 0 Å². The molecule has 2 aliphatic carbocycles. The molecule has 0 bridgehead atoms. The Hall–Kier alpha value is -5.18. The van der Waals surface area contributed by atoms with Gasteiger partial charge in [-0.25, -0.2) is 0 Å². The zero-order chi connectivity index (χ0) is 29.7. The quantitative estimate of drug-likeness (QED) is 0.178. The number of benzene rings is 7. The fourth-order valence-corrected chi connectivity index (χ4v) is 8.96. The molecule has 1 spiro atoms. The van der Waals surface area contributed by atoms with Gasteiger partial charge in [-0.3, -0.25) is 0 Å². The minimum atomic E-state index is -0.378. The van der Waals surface area contributed by atoms with Crippen LogP contribution in [0.3, 0.4) is 0 Å². The Kier molecular flexibility index (Phi) is 5.13. The van der Waals surface area contributed by atoms with Crippen LogP contribution in [0.2, 0.25) is 0 Å². The normalized spacial score (nSPS) is 13.6. The monoisotopic (exact) mass is 635 g/mol. The maximum Gasteiger partial charge on any atom is 0.0726 e. The van der Waals surface area contributed by atoms with E-state index in [9.17, 15) is 0 Å². The zero-order valence-electron chi connectivity index (χ0n) is 24.3. The van der Waals surface area contributed by atoms with Crippen LogP contribution in [0.5, 0.6) is 0 Å². The summed E-state index contributed by atoms with van der Waals surface area (Å²) >= 11 is 3.86. The maximum atomic E-state index is 3.86. The Morgan fingerprint density at radius 3 is 1.64 bits per heavy atom. The molecule has 0 fully saturated rings. The molecule has 0 N–H and O–H groups in total. The third kappa shape index (κ3) is 3.12. The van der Waals surface area contributed by atoms with Crippen molar-refractivity contribution < 1.29 is 0 Å². The van der Waals surface area contributed by atoms with Crippen LogP contribution in [0, 0.1) is 0 Å². The molecular formula is C43H26BrN. The summed E-state index contributed by atoms with van der Waals surface area (Å²) in [4.78, 5) is 0. The van der Waals surface area contributed by atoms with Crippen molar-refractivity contribution >= 4 is 37.7 Å². The number of halogens is 1. The van der Waals surface area contributed by atoms with Gasteiger partial charge in [0.1, 0.15) is 0 Å². The van der Waals surface area contributed by atoms with Gasteiger partial charge in [0.15, 0.2) is 0 Å². The van der Waals surface area contributed by atoms with E-state index >= 15 is 0 Å². The van der Waals surface area contributed by atoms with Gasteiger partial charge in [0.2, 0.25) is 0 Å². The SMILES string of the molecule is Brc1ccccc1-c1ccccc1-n1c2ccccc2c2ccc3c(c21)-c1ccccc1C31c2ccccc2-c2ccccc21. The van der Waals surface area contributed by atoms with Crippen LogP contribution in [0.4, 0.5) is 0 Å². The smallest absolute Gasteiger partial charge is 0.0726 e. The first-order chi connectivity index (χ1) is 22.3. The molecule has 0 aliphatic heterocycles. The van der Waals surface area contributed by atoms with Gasteiger partial charge in [-0.05, 0) is 62.7 Å². The summed E-state index contributed by atoms with van der Waals surface area (Å²) in [5.41, 5.74) is 16.4. The summed E-state index contributed by atoms with van der Waals surface area (Å²) in [6, 6.07) is 58.2. The molecule has 0 amide bonds. The van der Waals surface area contributed by atoms with Crippen LogP contribution in [-0.2, 0) is 5.41 Å². The lowest BCUT2D eigenvalue weighted by molar-refractivity contribution is 0.794. The second-order valence-corrected chi connectivity index (χ2v) is 13.0. The standard InChI is InChI=1S/C43H26BrN/c44-38-22-10-4-15-29(38)30-16-5-11-23-39(30)45-40-24-12-6-17-31(40)32-25-26-37-41(42(32)45)33-18-3-9-21-36(33)43(37)34-19-7-1-13-27(34)28-14-2-8-20-35(28)43/h1-26H. The molecule has 2 heteroatoms. The minimum absolute atomic E-state index is 0.378. The first-order valence-corrected chi connectivity index (χ1v) is 16.3. The predicted molar refractivity (Wildman–Crippen MR) is 190 cm³/mol. The molecule has 1 nitrogen and oxygen atoms in total. The molecule has 8 aromatic rings. The van der Waals surface area contributed by atoms with Gasteiger partial charge in [0.05, 0.1) is 22.1 Å². The highest BCUT2D eigenvalue weighted by Crippen LogP contribution is 2.64. The number of para-hydroxylation sites is 2. The van der Waals surface area contributed by atoms with Crippen molar-refractivity contribution in [3.63, 3.8) is 0 Å². The summed E-state index contributed by atoms with van der Waals surface area (Å²) in [6.45, 7) is 0. The first-order valence-electron chi connectivity index (χ1n) is 15.5. The molecule has 0 saturated heterocycles. The van der Waals surface area contributed by atoms with Crippen molar-refractivity contribution in [3.8, 4) is 39.1 Å². The second-order valence-electron chi connectivity index (χ2n) is 12.1. The van der Waals surface area contributed by atoms with Gasteiger partial charge >= 0.3 is 0 Å². The topological polar surface area (TPSA) is 4.93 Å². The summed E-state index contributed by atoms with van der Waals surface area (Å²) in [6.07, 6.45) is 0. The summed E-state index contributed by atoms with van der Waals surface area (Å²) in [5, 5.41) is 2.54. The lowest BCUT2D eigenvalue weighted by Crippen LogP contribution is -2.25. The van der Waals surface area contributed by atoms with Crippen LogP contribution >= 0.6 is 15.9 Å². The molecule has 0 radical (unpaired) electrons. The van der Waals surface area contributed by atoms with E-state index in [1.807, 2.05) is 0 Å². The molecular weight excluding hydrogens is 610 g/mol. The summed E-state index contributed by atoms with van der Waals surface area (Å²) in [5.74, 6) is 0. The minimum Gasteiger partial charge on any atom is -0.308 e. The average Bonchev–Trinajstić information content (AvgIpc) is 3.70. The van der Waals surface area contributed by atoms with Crippen molar-refractivity contribution in [2.75, 3.05) is 0 Å². The lowest BCUT2D eigenvalue weighted by atomic mass is 9.70. The predicted octanol–water partition coefficient (Wildman–Crippen LogP) is 11.6. The lowest BCUT2D eigenvalue weighted by Gasteiger charge is -2.30. The molecule has 1 aromatic heterocycles. The molecule has 2 aliphatic rings. The number of rotatable bonds is 2. The van der Waals surface area contributed by atoms with Crippen molar-refractivity contribution in [1.82, 2.24) is 4.57 Å². The van der Waals surface area contributed by atoms with Crippen LogP contribution in [-0.4, -0.2) is 4.57 Å². The first kappa shape index (κ1) is 25.2. The van der Waals surface area contributed by atoms with Crippen LogP contribution in [0.1, 0.15) is 22.3 Å². The van der Waals surface area contributed by atoms with Crippen LogP contribution < -0.4 is 0 Å². The Balaban J connectivity index is 1.41. The van der Waals surface area contributed by atoms with Gasteiger partial charge < -0.3 is 4.57 Å². The van der Waals surface area contributed by atoms with E-state index in [-0.39, 0.29) is 5.41 Å².